The molecular formula is C21H25N3O2. The van der Waals surface area contributed by atoms with Crippen molar-refractivity contribution in [3.63, 3.8) is 0 Å². The Kier molecular flexibility index (Phi) is 6.25. The van der Waals surface area contributed by atoms with Crippen LogP contribution >= 0.6 is 0 Å². The van der Waals surface area contributed by atoms with Gasteiger partial charge in [0.1, 0.15) is 11.4 Å². The van der Waals surface area contributed by atoms with Crippen molar-refractivity contribution in [1.82, 2.24) is 4.98 Å². The molecule has 136 valence electrons. The summed E-state index contributed by atoms with van der Waals surface area (Å²) in [5, 5.41) is 6.24. The molecule has 5 heteroatoms. The number of rotatable bonds is 7. The minimum absolute atomic E-state index is 0.256. The van der Waals surface area contributed by atoms with Gasteiger partial charge in [-0.05, 0) is 56.4 Å². The molecular weight excluding hydrogens is 326 g/mol. The number of carbonyl (C=O) groups excluding carboxylic acids is 1. The number of allylic oxidation sites excluding steroid dienone is 1. The number of methoxy groups -OCH3 is 1. The molecule has 1 aromatic heterocycles. The molecule has 0 bridgehead atoms. The highest BCUT2D eigenvalue weighted by molar-refractivity contribution is 6.04. The highest BCUT2D eigenvalue weighted by atomic mass is 16.5. The number of amides is 1. The number of ether oxygens (including phenoxy) is 1. The average Bonchev–Trinajstić information content (AvgIpc) is 2.69. The maximum Gasteiger partial charge on any atom is 0.274 e. The minimum atomic E-state index is -0.256. The van der Waals surface area contributed by atoms with Crippen molar-refractivity contribution in [2.24, 2.45) is 0 Å². The van der Waals surface area contributed by atoms with Crippen LogP contribution in [0.5, 0.6) is 5.75 Å². The number of nitrogens with one attached hydrogen (secondary N) is 2. The van der Waals surface area contributed by atoms with Crippen LogP contribution in [0.15, 0.2) is 54.2 Å². The van der Waals surface area contributed by atoms with Crippen LogP contribution in [-0.2, 0) is 0 Å². The van der Waals surface area contributed by atoms with Crippen molar-refractivity contribution in [2.75, 3.05) is 24.3 Å². The first-order chi connectivity index (χ1) is 12.8. The van der Waals surface area contributed by atoms with Crippen molar-refractivity contribution in [2.45, 2.75) is 32.1 Å². The first-order valence-corrected chi connectivity index (χ1v) is 9.08. The van der Waals surface area contributed by atoms with Crippen LogP contribution in [0.4, 0.5) is 11.4 Å². The molecule has 2 aromatic rings. The van der Waals surface area contributed by atoms with Crippen LogP contribution in [0, 0.1) is 0 Å². The number of nitrogens with zero attached hydrogens (tertiary/aromatic N) is 1. The molecule has 0 fully saturated rings. The fourth-order valence-corrected chi connectivity index (χ4v) is 3.10. The number of aromatic nitrogens is 1. The summed E-state index contributed by atoms with van der Waals surface area (Å²) >= 11 is 0. The van der Waals surface area contributed by atoms with Crippen molar-refractivity contribution in [3.8, 4) is 5.75 Å². The second kappa shape index (κ2) is 9.04. The lowest BCUT2D eigenvalue weighted by atomic mass is 9.97. The van der Waals surface area contributed by atoms with Gasteiger partial charge in [-0.1, -0.05) is 23.8 Å². The molecule has 1 aliphatic rings. The van der Waals surface area contributed by atoms with E-state index in [-0.39, 0.29) is 5.91 Å². The van der Waals surface area contributed by atoms with E-state index in [0.717, 1.165) is 18.7 Å². The van der Waals surface area contributed by atoms with E-state index in [9.17, 15) is 4.79 Å². The number of para-hydroxylation sites is 2. The lowest BCUT2D eigenvalue weighted by molar-refractivity contribution is 0.102. The summed E-state index contributed by atoms with van der Waals surface area (Å²) in [6, 6.07) is 11.0. The number of pyridine rings is 1. The Morgan fingerprint density at radius 3 is 2.92 bits per heavy atom. The molecule has 1 aliphatic carbocycles. The standard InChI is InChI=1S/C21H25N3O2/c1-26-20-10-6-5-9-18(20)24-21(25)19-15-17(12-14-23-19)22-13-11-16-7-3-2-4-8-16/h5-7,9-10,12,14-15H,2-4,8,11,13H2,1H3,(H,22,23)(H,24,25). The van der Waals surface area contributed by atoms with Crippen molar-refractivity contribution < 1.29 is 9.53 Å². The predicted molar refractivity (Wildman–Crippen MR) is 105 cm³/mol. The van der Waals surface area contributed by atoms with E-state index in [1.165, 1.54) is 31.3 Å². The van der Waals surface area contributed by atoms with Crippen LogP contribution in [-0.4, -0.2) is 24.5 Å². The summed E-state index contributed by atoms with van der Waals surface area (Å²) in [6.45, 7) is 0.864. The van der Waals surface area contributed by atoms with Crippen LogP contribution in [0.25, 0.3) is 0 Å². The second-order valence-corrected chi connectivity index (χ2v) is 6.37. The zero-order valence-corrected chi connectivity index (χ0v) is 15.1. The number of hydrogen-bond donors (Lipinski definition) is 2. The summed E-state index contributed by atoms with van der Waals surface area (Å²) in [4.78, 5) is 16.7. The van der Waals surface area contributed by atoms with Crippen molar-refractivity contribution >= 4 is 17.3 Å². The monoisotopic (exact) mass is 351 g/mol. The normalized spacial score (nSPS) is 13.7. The van der Waals surface area contributed by atoms with Gasteiger partial charge in [-0.15, -0.1) is 0 Å². The first kappa shape index (κ1) is 18.0. The molecule has 2 N–H and O–H groups in total. The van der Waals surface area contributed by atoms with Crippen LogP contribution in [0.2, 0.25) is 0 Å². The molecule has 1 amide bonds. The molecule has 0 saturated heterocycles. The predicted octanol–water partition coefficient (Wildman–Crippen LogP) is 4.64. The molecule has 3 rings (SSSR count). The van der Waals surface area contributed by atoms with E-state index in [1.54, 1.807) is 31.5 Å². The summed E-state index contributed by atoms with van der Waals surface area (Å²) in [5.41, 5.74) is 3.44. The molecule has 0 saturated carbocycles. The smallest absolute Gasteiger partial charge is 0.274 e. The first-order valence-electron chi connectivity index (χ1n) is 9.08. The molecule has 1 heterocycles. The Labute approximate surface area is 154 Å². The number of anilines is 2. The van der Waals surface area contributed by atoms with Gasteiger partial charge < -0.3 is 15.4 Å². The van der Waals surface area contributed by atoms with Crippen LogP contribution in [0.1, 0.15) is 42.6 Å². The van der Waals surface area contributed by atoms with Crippen molar-refractivity contribution in [1.29, 1.82) is 0 Å². The van der Waals surface area contributed by atoms with Gasteiger partial charge in [0.25, 0.3) is 5.91 Å². The summed E-state index contributed by atoms with van der Waals surface area (Å²) in [5.74, 6) is 0.365. The Hall–Kier alpha value is -2.82. The van der Waals surface area contributed by atoms with Crippen LogP contribution in [0.3, 0.4) is 0 Å². The zero-order chi connectivity index (χ0) is 18.2. The summed E-state index contributed by atoms with van der Waals surface area (Å²) < 4.78 is 5.26. The lowest BCUT2D eigenvalue weighted by Gasteiger charge is -2.14. The molecule has 0 unspecified atom stereocenters. The Balaban J connectivity index is 1.59. The zero-order valence-electron chi connectivity index (χ0n) is 15.1. The summed E-state index contributed by atoms with van der Waals surface area (Å²) in [6.07, 6.45) is 10.1. The van der Waals surface area contributed by atoms with Gasteiger partial charge in [0.2, 0.25) is 0 Å². The number of hydrogen-bond acceptors (Lipinski definition) is 4. The third-order valence-corrected chi connectivity index (χ3v) is 4.51. The Bertz CT molecular complexity index is 786. The van der Waals surface area contributed by atoms with E-state index < -0.39 is 0 Å². The van der Waals surface area contributed by atoms with Gasteiger partial charge in [-0.2, -0.15) is 0 Å². The SMILES string of the molecule is COc1ccccc1NC(=O)c1cc(NCCC2=CCCCC2)ccn1. The Morgan fingerprint density at radius 2 is 2.12 bits per heavy atom. The highest BCUT2D eigenvalue weighted by Crippen LogP contribution is 2.24. The van der Waals surface area contributed by atoms with Crippen LogP contribution < -0.4 is 15.4 Å². The van der Waals surface area contributed by atoms with E-state index in [4.69, 9.17) is 4.74 Å². The average molecular weight is 351 g/mol. The van der Waals surface area contributed by atoms with E-state index in [0.29, 0.717) is 17.1 Å². The fourth-order valence-electron chi connectivity index (χ4n) is 3.10. The van der Waals surface area contributed by atoms with Gasteiger partial charge in [-0.25, -0.2) is 0 Å². The summed E-state index contributed by atoms with van der Waals surface area (Å²) in [7, 11) is 1.58. The number of carbonyl (C=O) groups is 1. The van der Waals surface area contributed by atoms with Gasteiger partial charge in [-0.3, -0.25) is 9.78 Å². The van der Waals surface area contributed by atoms with Gasteiger partial charge >= 0.3 is 0 Å². The van der Waals surface area contributed by atoms with E-state index in [1.807, 2.05) is 18.2 Å². The quantitative estimate of drug-likeness (QED) is 0.713. The molecule has 1 aromatic carbocycles. The van der Waals surface area contributed by atoms with Crippen molar-refractivity contribution in [3.05, 3.63) is 59.9 Å². The topological polar surface area (TPSA) is 63.2 Å². The highest BCUT2D eigenvalue weighted by Gasteiger charge is 2.11. The van der Waals surface area contributed by atoms with Gasteiger partial charge in [0.15, 0.2) is 0 Å². The third kappa shape index (κ3) is 4.85. The molecule has 0 radical (unpaired) electrons. The second-order valence-electron chi connectivity index (χ2n) is 6.37. The third-order valence-electron chi connectivity index (χ3n) is 4.51. The molecule has 0 aliphatic heterocycles. The Morgan fingerprint density at radius 1 is 1.23 bits per heavy atom. The van der Waals surface area contributed by atoms with Gasteiger partial charge in [0.05, 0.1) is 12.8 Å². The minimum Gasteiger partial charge on any atom is -0.495 e. The fraction of sp³-hybridized carbons (Fsp3) is 0.333. The molecule has 0 spiro atoms. The largest absolute Gasteiger partial charge is 0.495 e. The molecule has 5 nitrogen and oxygen atoms in total. The maximum absolute atomic E-state index is 12.5. The maximum atomic E-state index is 12.5. The molecule has 26 heavy (non-hydrogen) atoms. The van der Waals surface area contributed by atoms with Gasteiger partial charge in [0, 0.05) is 18.4 Å². The van der Waals surface area contributed by atoms with E-state index in [2.05, 4.69) is 21.7 Å². The lowest BCUT2D eigenvalue weighted by Crippen LogP contribution is -2.15. The number of benzene rings is 1. The van der Waals surface area contributed by atoms with E-state index >= 15 is 0 Å². The molecule has 0 atom stereocenters.